The van der Waals surface area contributed by atoms with E-state index in [0.717, 1.165) is 44.9 Å². The van der Waals surface area contributed by atoms with Crippen LogP contribution in [0.25, 0.3) is 0 Å². The summed E-state index contributed by atoms with van der Waals surface area (Å²) in [7, 11) is -4.40. The van der Waals surface area contributed by atoms with Crippen molar-refractivity contribution in [1.82, 2.24) is 5.32 Å². The Morgan fingerprint density at radius 3 is 1.73 bits per heavy atom. The summed E-state index contributed by atoms with van der Waals surface area (Å²) in [6.07, 6.45) is 36.8. The van der Waals surface area contributed by atoms with Crippen LogP contribution in [0.1, 0.15) is 168 Å². The van der Waals surface area contributed by atoms with Crippen molar-refractivity contribution in [1.29, 1.82) is 0 Å². The van der Waals surface area contributed by atoms with Gasteiger partial charge in [-0.25, -0.2) is 4.57 Å². The molecule has 49 heavy (non-hydrogen) atoms. The maximum absolute atomic E-state index is 12.7. The van der Waals surface area contributed by atoms with Gasteiger partial charge in [-0.3, -0.25) is 13.8 Å². The summed E-state index contributed by atoms with van der Waals surface area (Å²) < 4.78 is 21.9. The zero-order chi connectivity index (χ0) is 36.3. The Kier molecular flexibility index (Phi) is 34.2. The number of amides is 1. The number of allylic oxidation sites excluding steroid dienone is 5. The molecule has 4 unspecified atom stereocenters. The molecule has 0 aromatic heterocycles. The Balaban J connectivity index is 4.31. The highest BCUT2D eigenvalue weighted by Gasteiger charge is 2.27. The second-order valence-electron chi connectivity index (χ2n) is 13.3. The summed E-state index contributed by atoms with van der Waals surface area (Å²) in [6, 6.07) is -0.998. The maximum Gasteiger partial charge on any atom is 0.472 e. The smallest absolute Gasteiger partial charge is 0.393 e. The average Bonchev–Trinajstić information content (AvgIpc) is 3.07. The van der Waals surface area contributed by atoms with Crippen LogP contribution in [0.3, 0.4) is 0 Å². The molecule has 4 atom stereocenters. The van der Waals surface area contributed by atoms with Crippen LogP contribution in [0.2, 0.25) is 0 Å². The minimum absolute atomic E-state index is 0.0429. The first-order chi connectivity index (χ1) is 23.8. The molecule has 0 aromatic carbocycles. The van der Waals surface area contributed by atoms with E-state index in [2.05, 4.69) is 43.5 Å². The second kappa shape index (κ2) is 35.1. The maximum atomic E-state index is 12.7. The summed E-state index contributed by atoms with van der Waals surface area (Å²) >= 11 is 0. The minimum atomic E-state index is -4.40. The number of hydrogen-bond donors (Lipinski definition) is 5. The van der Waals surface area contributed by atoms with Crippen molar-refractivity contribution >= 4 is 13.7 Å². The summed E-state index contributed by atoms with van der Waals surface area (Å²) in [6.45, 7) is 3.87. The first-order valence-electron chi connectivity index (χ1n) is 19.7. The Labute approximate surface area is 300 Å². The number of rotatable bonds is 36. The van der Waals surface area contributed by atoms with Crippen LogP contribution >= 0.6 is 7.82 Å². The van der Waals surface area contributed by atoms with Crippen LogP contribution in [0, 0.1) is 0 Å². The van der Waals surface area contributed by atoms with Gasteiger partial charge in [-0.1, -0.05) is 140 Å². The highest BCUT2D eigenvalue weighted by molar-refractivity contribution is 7.47. The molecule has 1 amide bonds. The first-order valence-corrected chi connectivity index (χ1v) is 21.2. The highest BCUT2D eigenvalue weighted by Crippen LogP contribution is 2.43. The van der Waals surface area contributed by atoms with Crippen molar-refractivity contribution in [3.63, 3.8) is 0 Å². The van der Waals surface area contributed by atoms with Gasteiger partial charge < -0.3 is 26.2 Å². The molecule has 0 spiro atoms. The van der Waals surface area contributed by atoms with E-state index in [-0.39, 0.29) is 19.6 Å². The van der Waals surface area contributed by atoms with Gasteiger partial charge in [0.05, 0.1) is 37.9 Å². The Morgan fingerprint density at radius 2 is 1.16 bits per heavy atom. The van der Waals surface area contributed by atoms with Crippen molar-refractivity contribution in [3.05, 3.63) is 36.5 Å². The van der Waals surface area contributed by atoms with Gasteiger partial charge in [0.2, 0.25) is 5.91 Å². The monoisotopic (exact) mass is 715 g/mol. The summed E-state index contributed by atoms with van der Waals surface area (Å²) in [5, 5.41) is 23.9. The van der Waals surface area contributed by atoms with E-state index in [1.54, 1.807) is 6.08 Å². The number of carbonyl (C=O) groups is 1. The molecule has 0 aliphatic heterocycles. The largest absolute Gasteiger partial charge is 0.472 e. The van der Waals surface area contributed by atoms with Gasteiger partial charge in [0.25, 0.3) is 0 Å². The van der Waals surface area contributed by atoms with Crippen molar-refractivity contribution in [3.8, 4) is 0 Å². The number of phosphoric acid groups is 1. The number of phosphoric ester groups is 1. The van der Waals surface area contributed by atoms with E-state index in [9.17, 15) is 24.5 Å². The number of hydrogen-bond acceptors (Lipinski definition) is 7. The van der Waals surface area contributed by atoms with Gasteiger partial charge in [0, 0.05) is 6.54 Å². The van der Waals surface area contributed by atoms with Crippen LogP contribution < -0.4 is 11.1 Å². The predicted molar refractivity (Wildman–Crippen MR) is 204 cm³/mol. The molecular weight excluding hydrogens is 639 g/mol. The molecule has 9 nitrogen and oxygen atoms in total. The quantitative estimate of drug-likeness (QED) is 0.0245. The van der Waals surface area contributed by atoms with E-state index in [1.807, 2.05) is 6.08 Å². The Hall–Kier alpha value is -1.32. The molecule has 6 N–H and O–H groups in total. The Morgan fingerprint density at radius 1 is 0.694 bits per heavy atom. The summed E-state index contributed by atoms with van der Waals surface area (Å²) in [4.78, 5) is 22.6. The molecule has 0 aliphatic rings. The molecule has 0 aromatic rings. The molecule has 288 valence electrons. The molecule has 0 saturated heterocycles. The molecular formula is C39H75N2O7P. The molecule has 0 radical (unpaired) electrons. The molecule has 0 heterocycles. The number of carbonyl (C=O) groups excluding carboxylic acids is 1. The topological polar surface area (TPSA) is 151 Å². The summed E-state index contributed by atoms with van der Waals surface area (Å²) in [5.74, 6) is -0.464. The van der Waals surface area contributed by atoms with Gasteiger partial charge >= 0.3 is 7.82 Å². The lowest BCUT2D eigenvalue weighted by Crippen LogP contribution is -2.46. The van der Waals surface area contributed by atoms with Crippen LogP contribution in [-0.2, 0) is 18.4 Å². The fourth-order valence-corrected chi connectivity index (χ4v) is 6.24. The van der Waals surface area contributed by atoms with Crippen LogP contribution in [0.15, 0.2) is 36.5 Å². The average molecular weight is 715 g/mol. The van der Waals surface area contributed by atoms with E-state index in [1.165, 1.54) is 89.9 Å². The SMILES string of the molecule is CCCCC/C=C/CC/C=C/C(O)C(COP(=O)(O)OCCN)NC(=O)CC(O)CCCCCCC/C=C\CCCCCCCCCCC. The summed E-state index contributed by atoms with van der Waals surface area (Å²) in [5.41, 5.74) is 5.33. The normalized spacial score (nSPS) is 15.3. The lowest BCUT2D eigenvalue weighted by Gasteiger charge is -2.24. The van der Waals surface area contributed by atoms with Crippen molar-refractivity contribution < 1.29 is 33.5 Å². The van der Waals surface area contributed by atoms with Gasteiger partial charge in [-0.2, -0.15) is 0 Å². The number of nitrogens with one attached hydrogen (secondary N) is 1. The van der Waals surface area contributed by atoms with Gasteiger partial charge in [0.1, 0.15) is 0 Å². The lowest BCUT2D eigenvalue weighted by atomic mass is 10.0. The van der Waals surface area contributed by atoms with Crippen LogP contribution in [0.5, 0.6) is 0 Å². The second-order valence-corrected chi connectivity index (χ2v) is 14.8. The van der Waals surface area contributed by atoms with E-state index < -0.39 is 38.6 Å². The van der Waals surface area contributed by atoms with Crippen LogP contribution in [-0.4, -0.2) is 59.0 Å². The third kappa shape index (κ3) is 33.6. The molecule has 0 rings (SSSR count). The third-order valence-electron chi connectivity index (χ3n) is 8.49. The fraction of sp³-hybridized carbons (Fsp3) is 0.821. The van der Waals surface area contributed by atoms with E-state index in [4.69, 9.17) is 14.8 Å². The van der Waals surface area contributed by atoms with Crippen LogP contribution in [0.4, 0.5) is 0 Å². The molecule has 0 saturated carbocycles. The number of nitrogens with two attached hydrogens (primary N) is 1. The van der Waals surface area contributed by atoms with Crippen molar-refractivity contribution in [2.45, 2.75) is 186 Å². The third-order valence-corrected chi connectivity index (χ3v) is 9.48. The lowest BCUT2D eigenvalue weighted by molar-refractivity contribution is -0.124. The van der Waals surface area contributed by atoms with E-state index in [0.29, 0.717) is 12.8 Å². The van der Waals surface area contributed by atoms with Gasteiger partial charge in [-0.05, 0) is 57.8 Å². The van der Waals surface area contributed by atoms with E-state index >= 15 is 0 Å². The molecule has 10 heteroatoms. The zero-order valence-corrected chi connectivity index (χ0v) is 32.2. The van der Waals surface area contributed by atoms with Gasteiger partial charge in [0.15, 0.2) is 0 Å². The van der Waals surface area contributed by atoms with Crippen molar-refractivity contribution in [2.24, 2.45) is 5.73 Å². The first kappa shape index (κ1) is 47.7. The number of unbranched alkanes of at least 4 members (excludes halogenated alkanes) is 18. The highest BCUT2D eigenvalue weighted by atomic mass is 31.2. The molecule has 0 bridgehead atoms. The number of aliphatic hydroxyl groups excluding tert-OH is 2. The predicted octanol–water partition coefficient (Wildman–Crippen LogP) is 9.36. The number of aliphatic hydroxyl groups is 2. The van der Waals surface area contributed by atoms with Gasteiger partial charge in [-0.15, -0.1) is 0 Å². The Bertz CT molecular complexity index is 883. The van der Waals surface area contributed by atoms with Crippen molar-refractivity contribution in [2.75, 3.05) is 19.8 Å². The minimum Gasteiger partial charge on any atom is -0.393 e. The molecule has 0 fully saturated rings. The fourth-order valence-electron chi connectivity index (χ4n) is 5.48. The molecule has 0 aliphatic carbocycles. The zero-order valence-electron chi connectivity index (χ0n) is 31.3. The standard InChI is InChI=1S/C39H75N2O7P/c1-3-5-7-9-11-13-14-15-16-17-18-19-20-21-23-24-26-28-30-36(42)34-39(44)41-37(35-48-49(45,46)47-33-32-40)38(43)31-29-27-25-22-12-10-8-6-4-2/h12,18-19,22,29,31,36-38,42-43H,3-11,13-17,20-21,23-28,30,32-35,40H2,1-2H3,(H,41,44)(H,45,46)/b19-18-,22-12+,31-29+.